The highest BCUT2D eigenvalue weighted by atomic mass is 35.5. The first kappa shape index (κ1) is 27.7. The zero-order valence-electron chi connectivity index (χ0n) is 17.3. The van der Waals surface area contributed by atoms with E-state index in [1.54, 1.807) is 60.7 Å². The van der Waals surface area contributed by atoms with Crippen LogP contribution in [0.1, 0.15) is 11.1 Å². The molecule has 0 bridgehead atoms. The van der Waals surface area contributed by atoms with Gasteiger partial charge in [0.1, 0.15) is 10.5 Å². The molecule has 0 fully saturated rings. The summed E-state index contributed by atoms with van der Waals surface area (Å²) in [6, 6.07) is 17.3. The van der Waals surface area contributed by atoms with E-state index < -0.39 is 29.0 Å². The average molecular weight is 650 g/mol. The van der Waals surface area contributed by atoms with E-state index in [9.17, 15) is 8.42 Å². The Kier molecular flexibility index (Phi) is 7.99. The molecule has 0 aromatic heterocycles. The molecule has 2 unspecified atom stereocenters. The van der Waals surface area contributed by atoms with Gasteiger partial charge in [-0.3, -0.25) is 0 Å². The Hall–Kier alpha value is -0.330. The van der Waals surface area contributed by atoms with E-state index in [1.807, 2.05) is 0 Å². The van der Waals surface area contributed by atoms with Crippen molar-refractivity contribution in [3.05, 3.63) is 104 Å². The topological polar surface area (TPSA) is 34.1 Å². The van der Waals surface area contributed by atoms with E-state index in [1.165, 1.54) is 12.2 Å². The third kappa shape index (κ3) is 4.82. The molecule has 0 radical (unpaired) electrons. The van der Waals surface area contributed by atoms with Crippen molar-refractivity contribution < 1.29 is 8.42 Å². The van der Waals surface area contributed by atoms with E-state index in [0.29, 0.717) is 11.1 Å². The molecule has 2 aliphatic rings. The Morgan fingerprint density at radius 2 is 0.886 bits per heavy atom. The molecule has 0 amide bonds. The molecule has 11 heteroatoms. The van der Waals surface area contributed by atoms with Crippen molar-refractivity contribution in [2.45, 2.75) is 19.2 Å². The van der Waals surface area contributed by atoms with Crippen LogP contribution in [0, 0.1) is 0 Å². The van der Waals surface area contributed by atoms with Gasteiger partial charge in [0.2, 0.25) is 0 Å². The van der Waals surface area contributed by atoms with Gasteiger partial charge >= 0.3 is 0 Å². The van der Waals surface area contributed by atoms with Gasteiger partial charge in [-0.1, -0.05) is 153 Å². The van der Waals surface area contributed by atoms with Crippen molar-refractivity contribution in [3.8, 4) is 0 Å². The van der Waals surface area contributed by atoms with Gasteiger partial charge in [-0.15, -0.1) is 0 Å². The van der Waals surface area contributed by atoms with Gasteiger partial charge in [0.05, 0.1) is 20.1 Å². The summed E-state index contributed by atoms with van der Waals surface area (Å²) < 4.78 is 24.2. The Morgan fingerprint density at radius 3 is 1.20 bits per heavy atom. The predicted molar refractivity (Wildman–Crippen MR) is 152 cm³/mol. The van der Waals surface area contributed by atoms with Crippen LogP contribution >= 0.6 is 92.8 Å². The zero-order valence-corrected chi connectivity index (χ0v) is 24.2. The summed E-state index contributed by atoms with van der Waals surface area (Å²) in [5.41, 5.74) is 1.28. The van der Waals surface area contributed by atoms with Crippen LogP contribution in [0.5, 0.6) is 0 Å². The highest BCUT2D eigenvalue weighted by Gasteiger charge is 2.57. The van der Waals surface area contributed by atoms with Crippen molar-refractivity contribution in [1.29, 1.82) is 0 Å². The van der Waals surface area contributed by atoms with Crippen LogP contribution in [0.2, 0.25) is 0 Å². The first-order chi connectivity index (χ1) is 16.3. The van der Waals surface area contributed by atoms with Crippen LogP contribution in [-0.2, 0) is 9.84 Å². The number of hydrogen-bond donors (Lipinski definition) is 0. The van der Waals surface area contributed by atoms with Crippen molar-refractivity contribution >= 4 is 114 Å². The van der Waals surface area contributed by atoms with Gasteiger partial charge < -0.3 is 0 Å². The highest BCUT2D eigenvalue weighted by molar-refractivity contribution is 7.93. The van der Waals surface area contributed by atoms with Crippen LogP contribution in [0.25, 0.3) is 11.1 Å². The summed E-state index contributed by atoms with van der Waals surface area (Å²) in [5.74, 6) is 0. The molecule has 0 saturated carbocycles. The lowest BCUT2D eigenvalue weighted by Crippen LogP contribution is -2.50. The van der Waals surface area contributed by atoms with Gasteiger partial charge in [0.15, 0.2) is 18.5 Å². The number of rotatable bonds is 4. The number of alkyl halides is 4. The van der Waals surface area contributed by atoms with Crippen molar-refractivity contribution in [2.24, 2.45) is 0 Å². The fourth-order valence-corrected chi connectivity index (χ4v) is 10.1. The second-order valence-corrected chi connectivity index (χ2v) is 14.4. The van der Waals surface area contributed by atoms with E-state index in [4.69, 9.17) is 92.8 Å². The number of allylic oxidation sites excluding steroid dienone is 6. The maximum Gasteiger partial charge on any atom is 0.169 e. The molecule has 4 rings (SSSR count). The minimum atomic E-state index is -4.43. The van der Waals surface area contributed by atoms with Crippen LogP contribution in [-0.4, -0.2) is 27.6 Å². The number of halogens is 8. The summed E-state index contributed by atoms with van der Waals surface area (Å²) in [6.45, 7) is 0. The second kappa shape index (κ2) is 10.1. The molecule has 184 valence electrons. The Morgan fingerprint density at radius 1 is 0.571 bits per heavy atom. The lowest BCUT2D eigenvalue weighted by Gasteiger charge is -2.40. The molecule has 0 spiro atoms. The highest BCUT2D eigenvalue weighted by Crippen LogP contribution is 2.56. The van der Waals surface area contributed by atoms with Crippen LogP contribution in [0.3, 0.4) is 0 Å². The van der Waals surface area contributed by atoms with Gasteiger partial charge in [0.25, 0.3) is 0 Å². The molecule has 0 N–H and O–H groups in total. The molecule has 2 aromatic carbocycles. The second-order valence-electron chi connectivity index (χ2n) is 7.82. The molecule has 2 nitrogen and oxygen atoms in total. The van der Waals surface area contributed by atoms with E-state index in [0.717, 1.165) is 0 Å². The molecule has 0 saturated heterocycles. The molecule has 35 heavy (non-hydrogen) atoms. The molecular weight excluding hydrogens is 636 g/mol. The standard InChI is InChI=1S/C24H14Cl8O2S/c25-15-11-17(23(29,30)19(21(15)27)13-7-3-1-4-8-13)35(33,34)18-12-16(26)22(28)20(24(18,31)32)14-9-5-2-6-10-14/h1-12,17-18H. The third-order valence-electron chi connectivity index (χ3n) is 5.67. The summed E-state index contributed by atoms with van der Waals surface area (Å²) in [4.78, 5) is 0. The maximum absolute atomic E-state index is 14.2. The Bertz CT molecular complexity index is 1290. The molecule has 0 aliphatic heterocycles. The predicted octanol–water partition coefficient (Wildman–Crippen LogP) is 9.06. The summed E-state index contributed by atoms with van der Waals surface area (Å²) in [7, 11) is -4.43. The van der Waals surface area contributed by atoms with Gasteiger partial charge in [-0.25, -0.2) is 8.42 Å². The maximum atomic E-state index is 14.2. The van der Waals surface area contributed by atoms with Gasteiger partial charge in [0, 0.05) is 11.1 Å². The van der Waals surface area contributed by atoms with Crippen LogP contribution < -0.4 is 0 Å². The monoisotopic (exact) mass is 646 g/mol. The SMILES string of the molecule is O=S(=O)(C1C=C(Cl)C(Cl)=C(c2ccccc2)C1(Cl)Cl)C1C=C(Cl)C(Cl)=C(c2ccccc2)C1(Cl)Cl. The van der Waals surface area contributed by atoms with E-state index in [2.05, 4.69) is 0 Å². The fourth-order valence-electron chi connectivity index (χ4n) is 4.05. The number of sulfone groups is 1. The first-order valence-electron chi connectivity index (χ1n) is 9.96. The lowest BCUT2D eigenvalue weighted by atomic mass is 9.95. The van der Waals surface area contributed by atoms with E-state index >= 15 is 0 Å². The molecule has 2 aliphatic carbocycles. The third-order valence-corrected chi connectivity index (χ3v) is 11.9. The quantitative estimate of drug-likeness (QED) is 0.310. The Labute approximate surface area is 243 Å². The van der Waals surface area contributed by atoms with Gasteiger partial charge in [-0.2, -0.15) is 0 Å². The lowest BCUT2D eigenvalue weighted by molar-refractivity contribution is 0.577. The minimum absolute atomic E-state index is 0.0301. The fraction of sp³-hybridized carbons (Fsp3) is 0.167. The summed E-state index contributed by atoms with van der Waals surface area (Å²) in [6.07, 6.45) is 2.36. The largest absolute Gasteiger partial charge is 0.227 e. The minimum Gasteiger partial charge on any atom is -0.227 e. The first-order valence-corrected chi connectivity index (χ1v) is 14.6. The number of hydrogen-bond acceptors (Lipinski definition) is 2. The Balaban J connectivity index is 1.87. The molecule has 0 heterocycles. The van der Waals surface area contributed by atoms with E-state index in [-0.39, 0.29) is 31.3 Å². The van der Waals surface area contributed by atoms with Crippen LogP contribution in [0.4, 0.5) is 0 Å². The van der Waals surface area contributed by atoms with Crippen molar-refractivity contribution in [3.63, 3.8) is 0 Å². The molecule has 2 atom stereocenters. The van der Waals surface area contributed by atoms with Crippen LogP contribution in [0.15, 0.2) is 92.9 Å². The molecule has 2 aromatic rings. The number of benzene rings is 2. The van der Waals surface area contributed by atoms with Crippen molar-refractivity contribution in [1.82, 2.24) is 0 Å². The van der Waals surface area contributed by atoms with Gasteiger partial charge in [-0.05, 0) is 23.3 Å². The summed E-state index contributed by atoms with van der Waals surface area (Å²) >= 11 is 52.8. The summed E-state index contributed by atoms with van der Waals surface area (Å²) in [5, 5.41) is -3.17. The van der Waals surface area contributed by atoms with Crippen molar-refractivity contribution in [2.75, 3.05) is 0 Å². The zero-order chi connectivity index (χ0) is 25.8. The smallest absolute Gasteiger partial charge is 0.169 e. The normalized spacial score (nSPS) is 24.2. The molecular formula is C24H14Cl8O2S. The average Bonchev–Trinajstić information content (AvgIpc) is 2.79.